The van der Waals surface area contributed by atoms with Crippen LogP contribution in [0.3, 0.4) is 0 Å². The van der Waals surface area contributed by atoms with Crippen molar-refractivity contribution in [1.29, 1.82) is 0 Å². The minimum atomic E-state index is -0.921. The summed E-state index contributed by atoms with van der Waals surface area (Å²) in [4.78, 5) is 26.6. The first-order chi connectivity index (χ1) is 7.59. The van der Waals surface area contributed by atoms with E-state index in [1.807, 2.05) is 0 Å². The lowest BCUT2D eigenvalue weighted by Crippen LogP contribution is -2.22. The van der Waals surface area contributed by atoms with Crippen molar-refractivity contribution in [1.82, 2.24) is 14.6 Å². The summed E-state index contributed by atoms with van der Waals surface area (Å²) in [5, 5.41) is 11.3. The molecule has 0 fully saturated rings. The molecule has 0 saturated carbocycles. The van der Waals surface area contributed by atoms with E-state index >= 15 is 0 Å². The van der Waals surface area contributed by atoms with Crippen LogP contribution in [0.25, 0.3) is 5.65 Å². The summed E-state index contributed by atoms with van der Waals surface area (Å²) in [7, 11) is 0. The Kier molecular flexibility index (Phi) is 2.47. The minimum absolute atomic E-state index is 0.0649. The van der Waals surface area contributed by atoms with Crippen LogP contribution in [0.5, 0.6) is 0 Å². The number of nitrogens with one attached hydrogen (secondary N) is 1. The van der Waals surface area contributed by atoms with Crippen LogP contribution in [-0.4, -0.2) is 25.7 Å². The molecule has 2 heterocycles. The van der Waals surface area contributed by atoms with E-state index < -0.39 is 5.97 Å². The van der Waals surface area contributed by atoms with Gasteiger partial charge in [-0.25, -0.2) is 9.50 Å². The highest BCUT2D eigenvalue weighted by Gasteiger charge is 2.11. The van der Waals surface area contributed by atoms with Crippen molar-refractivity contribution in [2.24, 2.45) is 0 Å². The van der Waals surface area contributed by atoms with Gasteiger partial charge in [0, 0.05) is 29.9 Å². The third-order valence-electron chi connectivity index (χ3n) is 2.43. The monoisotopic (exact) mass is 221 g/mol. The lowest BCUT2D eigenvalue weighted by atomic mass is 10.1. The SMILES string of the molecule is Cc1nc2cc[nH]n2c(=O)c1CCC(=O)O. The van der Waals surface area contributed by atoms with Crippen molar-refractivity contribution in [2.75, 3.05) is 0 Å². The molecule has 0 saturated heterocycles. The summed E-state index contributed by atoms with van der Waals surface area (Å²) in [5.74, 6) is -0.921. The number of rotatable bonds is 3. The third-order valence-corrected chi connectivity index (χ3v) is 2.43. The standard InChI is InChI=1S/C10H11N3O3/c1-6-7(2-3-9(14)15)10(16)13-8(12-6)4-5-11-13/h4-5,11H,2-3H2,1H3,(H,14,15). The average molecular weight is 221 g/mol. The molecule has 0 bridgehead atoms. The van der Waals surface area contributed by atoms with E-state index in [4.69, 9.17) is 5.11 Å². The molecule has 16 heavy (non-hydrogen) atoms. The second kappa shape index (κ2) is 3.80. The number of fused-ring (bicyclic) bond motifs is 1. The van der Waals surface area contributed by atoms with E-state index in [-0.39, 0.29) is 18.4 Å². The molecular formula is C10H11N3O3. The van der Waals surface area contributed by atoms with E-state index in [1.54, 1.807) is 19.2 Å². The number of H-pyrrole nitrogens is 1. The molecule has 0 radical (unpaired) electrons. The molecule has 84 valence electrons. The molecule has 6 heteroatoms. The van der Waals surface area contributed by atoms with Crippen LogP contribution in [-0.2, 0) is 11.2 Å². The molecule has 2 N–H and O–H groups in total. The number of nitrogens with zero attached hydrogens (tertiary/aromatic N) is 2. The van der Waals surface area contributed by atoms with Gasteiger partial charge in [0.05, 0.1) is 0 Å². The number of carboxylic acids is 1. The first-order valence-corrected chi connectivity index (χ1v) is 4.87. The topological polar surface area (TPSA) is 87.5 Å². The lowest BCUT2D eigenvalue weighted by molar-refractivity contribution is -0.136. The van der Waals surface area contributed by atoms with Crippen LogP contribution in [0.1, 0.15) is 17.7 Å². The van der Waals surface area contributed by atoms with E-state index in [9.17, 15) is 9.59 Å². The van der Waals surface area contributed by atoms with E-state index in [0.717, 1.165) is 0 Å². The molecule has 0 aromatic carbocycles. The molecular weight excluding hydrogens is 210 g/mol. The van der Waals surface area contributed by atoms with E-state index in [0.29, 0.717) is 16.9 Å². The Bertz CT molecular complexity index is 597. The maximum atomic E-state index is 11.9. The second-order valence-electron chi connectivity index (χ2n) is 3.53. The molecule has 2 aromatic rings. The fourth-order valence-corrected chi connectivity index (χ4v) is 1.63. The smallest absolute Gasteiger partial charge is 0.303 e. The lowest BCUT2D eigenvalue weighted by Gasteiger charge is -2.03. The highest BCUT2D eigenvalue weighted by Crippen LogP contribution is 2.05. The zero-order chi connectivity index (χ0) is 11.7. The molecule has 0 spiro atoms. The summed E-state index contributed by atoms with van der Waals surface area (Å²) in [6.45, 7) is 1.71. The maximum Gasteiger partial charge on any atom is 0.303 e. The van der Waals surface area contributed by atoms with Crippen LogP contribution in [0, 0.1) is 6.92 Å². The molecule has 2 aromatic heterocycles. The molecule has 2 rings (SSSR count). The Morgan fingerprint density at radius 3 is 3.06 bits per heavy atom. The predicted molar refractivity (Wildman–Crippen MR) is 56.5 cm³/mol. The molecule has 6 nitrogen and oxygen atoms in total. The van der Waals surface area contributed by atoms with Crippen molar-refractivity contribution >= 4 is 11.6 Å². The molecule has 0 unspecified atom stereocenters. The van der Waals surface area contributed by atoms with Crippen LogP contribution in [0.15, 0.2) is 17.1 Å². The summed E-state index contributed by atoms with van der Waals surface area (Å²) >= 11 is 0. The van der Waals surface area contributed by atoms with Crippen LogP contribution in [0.2, 0.25) is 0 Å². The van der Waals surface area contributed by atoms with Gasteiger partial charge in [0.2, 0.25) is 0 Å². The Morgan fingerprint density at radius 1 is 1.62 bits per heavy atom. The maximum absolute atomic E-state index is 11.9. The minimum Gasteiger partial charge on any atom is -0.481 e. The number of aromatic amines is 1. The van der Waals surface area contributed by atoms with E-state index in [2.05, 4.69) is 10.1 Å². The quantitative estimate of drug-likeness (QED) is 0.782. The number of aryl methyl sites for hydroxylation is 1. The predicted octanol–water partition coefficient (Wildman–Crippen LogP) is 0.348. The second-order valence-corrected chi connectivity index (χ2v) is 3.53. The van der Waals surface area contributed by atoms with Crippen LogP contribution in [0.4, 0.5) is 0 Å². The normalized spacial score (nSPS) is 10.8. The number of hydrogen-bond donors (Lipinski definition) is 2. The van der Waals surface area contributed by atoms with Gasteiger partial charge in [-0.15, -0.1) is 0 Å². The number of hydrogen-bond acceptors (Lipinski definition) is 3. The van der Waals surface area contributed by atoms with Gasteiger partial charge in [-0.05, 0) is 13.3 Å². The van der Waals surface area contributed by atoms with Crippen molar-refractivity contribution in [3.05, 3.63) is 33.9 Å². The summed E-state index contributed by atoms with van der Waals surface area (Å²) < 4.78 is 1.31. The van der Waals surface area contributed by atoms with Gasteiger partial charge < -0.3 is 5.11 Å². The first kappa shape index (κ1) is 10.4. The largest absolute Gasteiger partial charge is 0.481 e. The van der Waals surface area contributed by atoms with Gasteiger partial charge in [0.15, 0.2) is 5.65 Å². The Labute approximate surface area is 90.5 Å². The Hall–Kier alpha value is -2.11. The van der Waals surface area contributed by atoms with E-state index in [1.165, 1.54) is 4.52 Å². The van der Waals surface area contributed by atoms with Gasteiger partial charge in [0.1, 0.15) is 0 Å². The molecule has 0 aliphatic carbocycles. The Morgan fingerprint density at radius 2 is 2.38 bits per heavy atom. The average Bonchev–Trinajstić information content (AvgIpc) is 2.64. The van der Waals surface area contributed by atoms with Crippen molar-refractivity contribution in [3.8, 4) is 0 Å². The summed E-state index contributed by atoms with van der Waals surface area (Å²) in [6, 6.07) is 1.69. The number of carbonyl (C=O) groups is 1. The van der Waals surface area contributed by atoms with Gasteiger partial charge in [-0.1, -0.05) is 0 Å². The van der Waals surface area contributed by atoms with Gasteiger partial charge in [0.25, 0.3) is 5.56 Å². The highest BCUT2D eigenvalue weighted by molar-refractivity contribution is 5.67. The summed E-state index contributed by atoms with van der Waals surface area (Å²) in [6.07, 6.45) is 1.75. The van der Waals surface area contributed by atoms with Crippen molar-refractivity contribution in [2.45, 2.75) is 19.8 Å². The van der Waals surface area contributed by atoms with Crippen molar-refractivity contribution < 1.29 is 9.90 Å². The van der Waals surface area contributed by atoms with Crippen LogP contribution >= 0.6 is 0 Å². The van der Waals surface area contributed by atoms with Crippen molar-refractivity contribution in [3.63, 3.8) is 0 Å². The summed E-state index contributed by atoms with van der Waals surface area (Å²) in [5.41, 5.74) is 1.35. The number of aliphatic carboxylic acids is 1. The first-order valence-electron chi connectivity index (χ1n) is 4.87. The molecule has 0 amide bonds. The highest BCUT2D eigenvalue weighted by atomic mass is 16.4. The fourth-order valence-electron chi connectivity index (χ4n) is 1.63. The Balaban J connectivity index is 2.51. The molecule has 0 aliphatic rings. The zero-order valence-electron chi connectivity index (χ0n) is 8.73. The van der Waals surface area contributed by atoms with Gasteiger partial charge in [-0.2, -0.15) is 0 Å². The van der Waals surface area contributed by atoms with Gasteiger partial charge in [-0.3, -0.25) is 14.7 Å². The third kappa shape index (κ3) is 1.69. The molecule has 0 atom stereocenters. The van der Waals surface area contributed by atoms with Crippen LogP contribution < -0.4 is 5.56 Å². The zero-order valence-corrected chi connectivity index (χ0v) is 8.73. The number of carboxylic acid groups (broad SMARTS) is 1. The number of aromatic nitrogens is 3. The van der Waals surface area contributed by atoms with Gasteiger partial charge >= 0.3 is 5.97 Å². The fraction of sp³-hybridized carbons (Fsp3) is 0.300. The molecule has 0 aliphatic heterocycles.